The third-order valence-corrected chi connectivity index (χ3v) is 2.88. The van der Waals surface area contributed by atoms with Gasteiger partial charge in [0.2, 0.25) is 5.15 Å². The van der Waals surface area contributed by atoms with Gasteiger partial charge in [0, 0.05) is 0 Å². The maximum absolute atomic E-state index is 13.0. The van der Waals surface area contributed by atoms with Gasteiger partial charge in [0.25, 0.3) is 0 Å². The average molecular weight is 270 g/mol. The number of aryl methyl sites for hydroxylation is 2. The van der Waals surface area contributed by atoms with Gasteiger partial charge in [-0.3, -0.25) is 10.1 Å². The Bertz CT molecular complexity index is 639. The van der Waals surface area contributed by atoms with Crippen molar-refractivity contribution in [2.24, 2.45) is 0 Å². The summed E-state index contributed by atoms with van der Waals surface area (Å²) in [6.07, 6.45) is 0. The molecule has 0 spiro atoms. The minimum atomic E-state index is -0.583. The molecule has 0 radical (unpaired) electrons. The first-order valence-corrected chi connectivity index (χ1v) is 5.45. The van der Waals surface area contributed by atoms with Crippen LogP contribution in [0.15, 0.2) is 18.2 Å². The van der Waals surface area contributed by atoms with Gasteiger partial charge in [-0.2, -0.15) is 5.10 Å². The molecule has 0 saturated heterocycles. The molecule has 1 heterocycles. The van der Waals surface area contributed by atoms with Gasteiger partial charge in [0.15, 0.2) is 0 Å². The quantitative estimate of drug-likeness (QED) is 0.621. The van der Waals surface area contributed by atoms with Crippen LogP contribution in [0.4, 0.5) is 10.1 Å². The Hall–Kier alpha value is -1.95. The minimum Gasteiger partial charge on any atom is -0.258 e. The highest BCUT2D eigenvalue weighted by atomic mass is 35.5. The Balaban J connectivity index is 2.65. The van der Waals surface area contributed by atoms with E-state index in [2.05, 4.69) is 5.10 Å². The second kappa shape index (κ2) is 4.38. The predicted octanol–water partition coefficient (Wildman–Crippen LogP) is 3.19. The fourth-order valence-electron chi connectivity index (χ4n) is 1.71. The number of halogens is 2. The number of aromatic nitrogens is 2. The fraction of sp³-hybridized carbons (Fsp3) is 0.182. The number of rotatable bonds is 2. The topological polar surface area (TPSA) is 61.0 Å². The van der Waals surface area contributed by atoms with Crippen LogP contribution in [0.3, 0.4) is 0 Å². The van der Waals surface area contributed by atoms with Gasteiger partial charge in [0.1, 0.15) is 11.5 Å². The summed E-state index contributed by atoms with van der Waals surface area (Å²) in [5, 5.41) is 14.8. The molecule has 0 atom stereocenters. The Morgan fingerprint density at radius 3 is 2.61 bits per heavy atom. The molecule has 0 unspecified atom stereocenters. The summed E-state index contributed by atoms with van der Waals surface area (Å²) in [7, 11) is 0. The first kappa shape index (κ1) is 12.5. The lowest BCUT2D eigenvalue weighted by Crippen LogP contribution is -2.00. The van der Waals surface area contributed by atoms with Crippen LogP contribution in [0.2, 0.25) is 5.15 Å². The largest absolute Gasteiger partial charge is 0.329 e. The van der Waals surface area contributed by atoms with Crippen LogP contribution < -0.4 is 0 Å². The van der Waals surface area contributed by atoms with Crippen molar-refractivity contribution in [1.29, 1.82) is 0 Å². The zero-order valence-electron chi connectivity index (χ0n) is 9.65. The molecule has 0 aliphatic heterocycles. The van der Waals surface area contributed by atoms with E-state index in [9.17, 15) is 14.5 Å². The van der Waals surface area contributed by atoms with Gasteiger partial charge in [-0.15, -0.1) is 0 Å². The van der Waals surface area contributed by atoms with Crippen LogP contribution in [-0.4, -0.2) is 14.7 Å². The van der Waals surface area contributed by atoms with E-state index in [4.69, 9.17) is 11.6 Å². The number of hydrogen-bond acceptors (Lipinski definition) is 3. The summed E-state index contributed by atoms with van der Waals surface area (Å²) < 4.78 is 14.2. The highest BCUT2D eigenvalue weighted by Gasteiger charge is 2.25. The van der Waals surface area contributed by atoms with Gasteiger partial charge in [-0.25, -0.2) is 9.07 Å². The molecule has 0 aliphatic rings. The van der Waals surface area contributed by atoms with Gasteiger partial charge < -0.3 is 0 Å². The molecule has 94 valence electrons. The van der Waals surface area contributed by atoms with Crippen molar-refractivity contribution in [3.05, 3.63) is 50.5 Å². The predicted molar refractivity (Wildman–Crippen MR) is 64.7 cm³/mol. The average Bonchev–Trinajstić information content (AvgIpc) is 2.54. The van der Waals surface area contributed by atoms with E-state index >= 15 is 0 Å². The second-order valence-electron chi connectivity index (χ2n) is 3.82. The molecule has 0 amide bonds. The van der Waals surface area contributed by atoms with Crippen LogP contribution in [0.25, 0.3) is 5.69 Å². The van der Waals surface area contributed by atoms with Crippen molar-refractivity contribution >= 4 is 17.3 Å². The van der Waals surface area contributed by atoms with E-state index in [1.165, 1.54) is 29.8 Å². The van der Waals surface area contributed by atoms with E-state index in [0.717, 1.165) is 0 Å². The first-order chi connectivity index (χ1) is 8.41. The van der Waals surface area contributed by atoms with Crippen molar-refractivity contribution in [3.8, 4) is 5.69 Å². The lowest BCUT2D eigenvalue weighted by Gasteiger charge is -2.06. The zero-order chi connectivity index (χ0) is 13.4. The van der Waals surface area contributed by atoms with Gasteiger partial charge in [-0.1, -0.05) is 11.6 Å². The minimum absolute atomic E-state index is 0.0905. The van der Waals surface area contributed by atoms with Crippen LogP contribution >= 0.6 is 11.6 Å². The van der Waals surface area contributed by atoms with Crippen molar-refractivity contribution in [1.82, 2.24) is 9.78 Å². The van der Waals surface area contributed by atoms with Crippen molar-refractivity contribution in [2.75, 3.05) is 0 Å². The van der Waals surface area contributed by atoms with Crippen LogP contribution in [0.1, 0.15) is 11.3 Å². The van der Waals surface area contributed by atoms with Crippen LogP contribution in [-0.2, 0) is 0 Å². The molecule has 18 heavy (non-hydrogen) atoms. The number of nitro groups is 1. The summed E-state index contributed by atoms with van der Waals surface area (Å²) >= 11 is 5.94. The molecular formula is C11H9ClFN3O2. The van der Waals surface area contributed by atoms with Crippen LogP contribution in [0.5, 0.6) is 0 Å². The molecule has 0 N–H and O–H groups in total. The van der Waals surface area contributed by atoms with E-state index in [1.807, 2.05) is 0 Å². The van der Waals surface area contributed by atoms with E-state index in [1.54, 1.807) is 6.92 Å². The van der Waals surface area contributed by atoms with E-state index in [0.29, 0.717) is 11.3 Å². The summed E-state index contributed by atoms with van der Waals surface area (Å²) in [5.74, 6) is -0.384. The smallest absolute Gasteiger partial charge is 0.258 e. The molecular weight excluding hydrogens is 261 g/mol. The Kier molecular flexibility index (Phi) is 3.04. The third-order valence-electron chi connectivity index (χ3n) is 2.54. The van der Waals surface area contributed by atoms with Crippen LogP contribution in [0, 0.1) is 29.8 Å². The SMILES string of the molecule is Cc1cc(F)ccc1-n1nc(C)c([N+](=O)[O-])c1Cl. The number of hydrogen-bond donors (Lipinski definition) is 0. The summed E-state index contributed by atoms with van der Waals surface area (Å²) in [6, 6.07) is 4.04. The molecule has 0 aliphatic carbocycles. The lowest BCUT2D eigenvalue weighted by atomic mass is 10.2. The normalized spacial score (nSPS) is 10.7. The van der Waals surface area contributed by atoms with Gasteiger partial charge >= 0.3 is 5.69 Å². The lowest BCUT2D eigenvalue weighted by molar-refractivity contribution is -0.385. The Morgan fingerprint density at radius 2 is 2.11 bits per heavy atom. The summed E-state index contributed by atoms with van der Waals surface area (Å²) in [4.78, 5) is 10.3. The maximum Gasteiger partial charge on any atom is 0.329 e. The number of nitrogens with zero attached hydrogens (tertiary/aromatic N) is 3. The maximum atomic E-state index is 13.0. The fourth-order valence-corrected chi connectivity index (χ4v) is 2.05. The molecule has 0 fully saturated rings. The van der Waals surface area contributed by atoms with Gasteiger partial charge in [0.05, 0.1) is 10.6 Å². The Labute approximate surface area is 107 Å². The van der Waals surface area contributed by atoms with Gasteiger partial charge in [-0.05, 0) is 37.6 Å². The van der Waals surface area contributed by atoms with Crippen molar-refractivity contribution < 1.29 is 9.31 Å². The Morgan fingerprint density at radius 1 is 1.44 bits per heavy atom. The molecule has 1 aromatic carbocycles. The summed E-state index contributed by atoms with van der Waals surface area (Å²) in [6.45, 7) is 3.18. The molecule has 1 aromatic heterocycles. The standard InChI is InChI=1S/C11H9ClFN3O2/c1-6-5-8(13)3-4-9(6)15-11(12)10(16(17)18)7(2)14-15/h3-5H,1-2H3. The molecule has 7 heteroatoms. The first-order valence-electron chi connectivity index (χ1n) is 5.08. The molecule has 0 bridgehead atoms. The number of benzene rings is 1. The highest BCUT2D eigenvalue weighted by Crippen LogP contribution is 2.31. The monoisotopic (exact) mass is 269 g/mol. The molecule has 2 rings (SSSR count). The van der Waals surface area contributed by atoms with E-state index < -0.39 is 4.92 Å². The second-order valence-corrected chi connectivity index (χ2v) is 4.18. The molecule has 0 saturated carbocycles. The zero-order valence-corrected chi connectivity index (χ0v) is 10.4. The van der Waals surface area contributed by atoms with Crippen molar-refractivity contribution in [3.63, 3.8) is 0 Å². The van der Waals surface area contributed by atoms with E-state index in [-0.39, 0.29) is 22.4 Å². The highest BCUT2D eigenvalue weighted by molar-refractivity contribution is 6.32. The summed E-state index contributed by atoms with van der Waals surface area (Å²) in [5.41, 5.74) is 1.08. The molecule has 5 nitrogen and oxygen atoms in total. The third kappa shape index (κ3) is 1.95. The molecule has 2 aromatic rings. The van der Waals surface area contributed by atoms with Crippen molar-refractivity contribution in [2.45, 2.75) is 13.8 Å².